The van der Waals surface area contributed by atoms with E-state index in [2.05, 4.69) is 5.32 Å². The van der Waals surface area contributed by atoms with Gasteiger partial charge in [0.25, 0.3) is 0 Å². The second-order valence-electron chi connectivity index (χ2n) is 7.81. The highest BCUT2D eigenvalue weighted by Crippen LogP contribution is 2.31. The molecular formula is C23H29NO4. The van der Waals surface area contributed by atoms with Crippen molar-refractivity contribution in [3.8, 4) is 16.9 Å². The third-order valence-corrected chi connectivity index (χ3v) is 4.08. The van der Waals surface area contributed by atoms with E-state index in [1.165, 1.54) is 0 Å². The lowest BCUT2D eigenvalue weighted by Gasteiger charge is -2.19. The van der Waals surface area contributed by atoms with Gasteiger partial charge in [0, 0.05) is 12.1 Å². The van der Waals surface area contributed by atoms with Gasteiger partial charge in [-0.15, -0.1) is 0 Å². The van der Waals surface area contributed by atoms with Gasteiger partial charge >= 0.3 is 6.09 Å². The summed E-state index contributed by atoms with van der Waals surface area (Å²) >= 11 is 0. The van der Waals surface area contributed by atoms with Crippen LogP contribution < -0.4 is 10.1 Å². The number of aldehydes is 1. The molecule has 0 aliphatic rings. The molecule has 0 unspecified atom stereocenters. The largest absolute Gasteiger partial charge is 0.494 e. The summed E-state index contributed by atoms with van der Waals surface area (Å²) in [6, 6.07) is 11.6. The zero-order valence-electron chi connectivity index (χ0n) is 17.3. The fraction of sp³-hybridized carbons (Fsp3) is 0.391. The van der Waals surface area contributed by atoms with Crippen molar-refractivity contribution in [2.75, 3.05) is 13.2 Å². The maximum absolute atomic E-state index is 11.6. The first kappa shape index (κ1) is 21.5. The zero-order chi connectivity index (χ0) is 20.7. The number of ether oxygens (including phenoxy) is 2. The van der Waals surface area contributed by atoms with Crippen molar-refractivity contribution in [2.45, 2.75) is 46.6 Å². The summed E-state index contributed by atoms with van der Waals surface area (Å²) in [7, 11) is 0. The summed E-state index contributed by atoms with van der Waals surface area (Å²) in [6.07, 6.45) is 1.12. The van der Waals surface area contributed by atoms with Crippen molar-refractivity contribution in [1.29, 1.82) is 0 Å². The summed E-state index contributed by atoms with van der Waals surface area (Å²) in [5, 5.41) is 2.72. The number of rotatable bonds is 7. The molecule has 5 heteroatoms. The van der Waals surface area contributed by atoms with Crippen molar-refractivity contribution in [3.63, 3.8) is 0 Å². The standard InChI is InChI=1S/C23H29NO4/c1-16-12-20(27-11-7-10-24-22(26)28-23(3,4)5)13-17(2)21(16)19-9-6-8-18(14-19)15-25/h6,8-9,12-15H,7,10-11H2,1-5H3,(H,24,26). The maximum Gasteiger partial charge on any atom is 0.407 e. The number of amides is 1. The van der Waals surface area contributed by atoms with E-state index in [4.69, 9.17) is 9.47 Å². The smallest absolute Gasteiger partial charge is 0.407 e. The zero-order valence-corrected chi connectivity index (χ0v) is 17.3. The molecule has 0 aromatic heterocycles. The number of benzene rings is 2. The van der Waals surface area contributed by atoms with Crippen LogP contribution in [0.3, 0.4) is 0 Å². The molecule has 0 radical (unpaired) electrons. The van der Waals surface area contributed by atoms with Gasteiger partial charge in [0.2, 0.25) is 0 Å². The number of aryl methyl sites for hydroxylation is 2. The number of hydrogen-bond acceptors (Lipinski definition) is 4. The average Bonchev–Trinajstić information content (AvgIpc) is 2.59. The van der Waals surface area contributed by atoms with E-state index in [1.807, 2.05) is 65.0 Å². The summed E-state index contributed by atoms with van der Waals surface area (Å²) in [6.45, 7) is 10.6. The molecule has 0 fully saturated rings. The van der Waals surface area contributed by atoms with Crippen LogP contribution in [0.4, 0.5) is 4.79 Å². The van der Waals surface area contributed by atoms with Gasteiger partial charge in [0.05, 0.1) is 6.61 Å². The molecule has 0 aliphatic heterocycles. The number of nitrogens with one attached hydrogen (secondary N) is 1. The van der Waals surface area contributed by atoms with Crippen LogP contribution in [0.5, 0.6) is 5.75 Å². The molecule has 0 bridgehead atoms. The van der Waals surface area contributed by atoms with Crippen molar-refractivity contribution in [2.24, 2.45) is 0 Å². The predicted molar refractivity (Wildman–Crippen MR) is 111 cm³/mol. The van der Waals surface area contributed by atoms with Crippen LogP contribution in [0.2, 0.25) is 0 Å². The summed E-state index contributed by atoms with van der Waals surface area (Å²) in [4.78, 5) is 22.6. The minimum Gasteiger partial charge on any atom is -0.494 e. The van der Waals surface area contributed by atoms with Crippen LogP contribution in [0.15, 0.2) is 36.4 Å². The maximum atomic E-state index is 11.6. The molecule has 5 nitrogen and oxygen atoms in total. The van der Waals surface area contributed by atoms with Gasteiger partial charge in [-0.3, -0.25) is 4.79 Å². The highest BCUT2D eigenvalue weighted by molar-refractivity contribution is 5.80. The van der Waals surface area contributed by atoms with Crippen LogP contribution in [-0.2, 0) is 4.74 Å². The molecule has 28 heavy (non-hydrogen) atoms. The molecule has 2 rings (SSSR count). The Balaban J connectivity index is 1.92. The first-order valence-electron chi connectivity index (χ1n) is 9.46. The van der Waals surface area contributed by atoms with Gasteiger partial charge in [0.15, 0.2) is 0 Å². The minimum absolute atomic E-state index is 0.416. The third-order valence-electron chi connectivity index (χ3n) is 4.08. The number of alkyl carbamates (subject to hydrolysis) is 1. The van der Waals surface area contributed by atoms with Crippen LogP contribution >= 0.6 is 0 Å². The van der Waals surface area contributed by atoms with Crippen LogP contribution in [0.25, 0.3) is 11.1 Å². The van der Waals surface area contributed by atoms with E-state index in [0.29, 0.717) is 25.1 Å². The Morgan fingerprint density at radius 2 is 1.79 bits per heavy atom. The highest BCUT2D eigenvalue weighted by atomic mass is 16.6. The monoisotopic (exact) mass is 383 g/mol. The third kappa shape index (κ3) is 6.41. The Kier molecular flexibility index (Phi) is 7.21. The molecule has 0 aliphatic carbocycles. The van der Waals surface area contributed by atoms with Gasteiger partial charge in [-0.05, 0) is 81.5 Å². The van der Waals surface area contributed by atoms with E-state index in [1.54, 1.807) is 6.07 Å². The first-order valence-corrected chi connectivity index (χ1v) is 9.46. The minimum atomic E-state index is -0.497. The molecular weight excluding hydrogens is 354 g/mol. The van der Waals surface area contributed by atoms with Crippen LogP contribution in [0.1, 0.15) is 48.7 Å². The molecule has 0 atom stereocenters. The topological polar surface area (TPSA) is 64.6 Å². The fourth-order valence-electron chi connectivity index (χ4n) is 3.00. The molecule has 2 aromatic rings. The van der Waals surface area contributed by atoms with E-state index < -0.39 is 11.7 Å². The Hall–Kier alpha value is -2.82. The predicted octanol–water partition coefficient (Wildman–Crippen LogP) is 5.08. The normalized spacial score (nSPS) is 11.0. The van der Waals surface area contributed by atoms with E-state index in [9.17, 15) is 9.59 Å². The van der Waals surface area contributed by atoms with Crippen molar-refractivity contribution in [3.05, 3.63) is 53.1 Å². The number of carbonyl (C=O) groups is 2. The summed E-state index contributed by atoms with van der Waals surface area (Å²) in [5.74, 6) is 0.794. The number of carbonyl (C=O) groups excluding carboxylic acids is 2. The molecule has 2 aromatic carbocycles. The van der Waals surface area contributed by atoms with Gasteiger partial charge in [-0.25, -0.2) is 4.79 Å². The second-order valence-corrected chi connectivity index (χ2v) is 7.81. The van der Waals surface area contributed by atoms with Crippen molar-refractivity contribution >= 4 is 12.4 Å². The van der Waals surface area contributed by atoms with Crippen molar-refractivity contribution < 1.29 is 19.1 Å². The molecule has 1 amide bonds. The van der Waals surface area contributed by atoms with Gasteiger partial charge in [-0.2, -0.15) is 0 Å². The van der Waals surface area contributed by atoms with Crippen LogP contribution in [0, 0.1) is 13.8 Å². The second kappa shape index (κ2) is 9.40. The quantitative estimate of drug-likeness (QED) is 0.535. The molecule has 150 valence electrons. The fourth-order valence-corrected chi connectivity index (χ4v) is 3.00. The Morgan fingerprint density at radius 3 is 2.39 bits per heavy atom. The Labute approximate surface area is 167 Å². The van der Waals surface area contributed by atoms with Gasteiger partial charge in [-0.1, -0.05) is 18.2 Å². The van der Waals surface area contributed by atoms with E-state index >= 15 is 0 Å². The van der Waals surface area contributed by atoms with Crippen molar-refractivity contribution in [1.82, 2.24) is 5.32 Å². The van der Waals surface area contributed by atoms with Crippen LogP contribution in [-0.4, -0.2) is 31.1 Å². The summed E-state index contributed by atoms with van der Waals surface area (Å²) in [5.41, 5.74) is 4.47. The number of hydrogen-bond donors (Lipinski definition) is 1. The van der Waals surface area contributed by atoms with Gasteiger partial charge < -0.3 is 14.8 Å². The first-order chi connectivity index (χ1) is 13.2. The molecule has 1 N–H and O–H groups in total. The Bertz CT molecular complexity index is 814. The van der Waals surface area contributed by atoms with E-state index in [-0.39, 0.29) is 0 Å². The molecule has 0 saturated carbocycles. The highest BCUT2D eigenvalue weighted by Gasteiger charge is 2.15. The summed E-state index contributed by atoms with van der Waals surface area (Å²) < 4.78 is 11.0. The lowest BCUT2D eigenvalue weighted by molar-refractivity contribution is 0.0525. The van der Waals surface area contributed by atoms with Gasteiger partial charge in [0.1, 0.15) is 17.6 Å². The van der Waals surface area contributed by atoms with E-state index in [0.717, 1.165) is 34.3 Å². The molecule has 0 heterocycles. The lowest BCUT2D eigenvalue weighted by Crippen LogP contribution is -2.33. The lowest BCUT2D eigenvalue weighted by atomic mass is 9.94. The Morgan fingerprint density at radius 1 is 1.11 bits per heavy atom. The SMILES string of the molecule is Cc1cc(OCCCNC(=O)OC(C)(C)C)cc(C)c1-c1cccc(C=O)c1. The average molecular weight is 383 g/mol. The molecule has 0 saturated heterocycles. The molecule has 0 spiro atoms.